The Labute approximate surface area is 180 Å². The van der Waals surface area contributed by atoms with Gasteiger partial charge in [0.2, 0.25) is 5.91 Å². The van der Waals surface area contributed by atoms with E-state index in [1.54, 1.807) is 24.3 Å². The van der Waals surface area contributed by atoms with Gasteiger partial charge in [0.1, 0.15) is 0 Å². The summed E-state index contributed by atoms with van der Waals surface area (Å²) in [6, 6.07) is 11.9. The van der Waals surface area contributed by atoms with E-state index in [9.17, 15) is 9.59 Å². The fourth-order valence-electron chi connectivity index (χ4n) is 2.22. The zero-order valence-corrected chi connectivity index (χ0v) is 17.8. The van der Waals surface area contributed by atoms with Crippen LogP contribution in [0.3, 0.4) is 0 Å². The maximum atomic E-state index is 12.3. The van der Waals surface area contributed by atoms with Gasteiger partial charge < -0.3 is 10.6 Å². The van der Waals surface area contributed by atoms with E-state index >= 15 is 0 Å². The van der Waals surface area contributed by atoms with Crippen LogP contribution in [0.1, 0.15) is 16.1 Å². The van der Waals surface area contributed by atoms with E-state index < -0.39 is 0 Å². The molecule has 0 saturated carbocycles. The smallest absolute Gasteiger partial charge is 0.257 e. The number of amides is 2. The van der Waals surface area contributed by atoms with Crippen molar-refractivity contribution in [1.29, 1.82) is 0 Å². The van der Waals surface area contributed by atoms with Gasteiger partial charge in [0.05, 0.1) is 22.0 Å². The van der Waals surface area contributed by atoms with Crippen LogP contribution in [0.4, 0.5) is 10.8 Å². The second kappa shape index (κ2) is 9.43. The Balaban J connectivity index is 1.53. The molecule has 0 aliphatic heterocycles. The van der Waals surface area contributed by atoms with E-state index in [1.807, 2.05) is 24.4 Å². The molecule has 5 nitrogen and oxygen atoms in total. The van der Waals surface area contributed by atoms with Gasteiger partial charge in [0.15, 0.2) is 5.13 Å². The van der Waals surface area contributed by atoms with Crippen molar-refractivity contribution >= 4 is 68.9 Å². The van der Waals surface area contributed by atoms with Gasteiger partial charge in [-0.1, -0.05) is 23.2 Å². The lowest BCUT2D eigenvalue weighted by atomic mass is 10.2. The van der Waals surface area contributed by atoms with Crippen LogP contribution in [-0.2, 0) is 4.79 Å². The summed E-state index contributed by atoms with van der Waals surface area (Å²) in [4.78, 5) is 29.4. The minimum atomic E-state index is -0.319. The van der Waals surface area contributed by atoms with Crippen molar-refractivity contribution in [3.8, 4) is 0 Å². The number of anilines is 2. The van der Waals surface area contributed by atoms with Crippen molar-refractivity contribution in [2.45, 2.75) is 11.8 Å². The highest BCUT2D eigenvalue weighted by Crippen LogP contribution is 2.24. The topological polar surface area (TPSA) is 71.1 Å². The SMILES string of the molecule is Cc1csc(NC(=O)CSc2ccc(NC(=O)c3ccc(Cl)cc3Cl)cc2)n1. The molecule has 3 rings (SSSR count). The summed E-state index contributed by atoms with van der Waals surface area (Å²) >= 11 is 14.7. The average Bonchev–Trinajstić information content (AvgIpc) is 3.05. The summed E-state index contributed by atoms with van der Waals surface area (Å²) in [6.07, 6.45) is 0. The van der Waals surface area contributed by atoms with Gasteiger partial charge >= 0.3 is 0 Å². The summed E-state index contributed by atoms with van der Waals surface area (Å²) in [5.74, 6) is -0.167. The molecule has 2 N–H and O–H groups in total. The highest BCUT2D eigenvalue weighted by Gasteiger charge is 2.11. The van der Waals surface area contributed by atoms with Gasteiger partial charge in [-0.15, -0.1) is 23.1 Å². The van der Waals surface area contributed by atoms with Gasteiger partial charge in [-0.2, -0.15) is 0 Å². The minimum Gasteiger partial charge on any atom is -0.322 e. The number of thiazole rings is 1. The summed E-state index contributed by atoms with van der Waals surface area (Å²) < 4.78 is 0. The summed E-state index contributed by atoms with van der Waals surface area (Å²) in [7, 11) is 0. The third-order valence-electron chi connectivity index (χ3n) is 3.52. The third-order valence-corrected chi connectivity index (χ3v) is 5.96. The Morgan fingerprint density at radius 3 is 2.50 bits per heavy atom. The summed E-state index contributed by atoms with van der Waals surface area (Å²) in [5, 5.41) is 8.79. The molecule has 0 bridgehead atoms. The summed E-state index contributed by atoms with van der Waals surface area (Å²) in [5.41, 5.74) is 1.85. The molecule has 0 aliphatic carbocycles. The predicted molar refractivity (Wildman–Crippen MR) is 117 cm³/mol. The molecule has 0 fully saturated rings. The Bertz CT molecular complexity index is 1010. The molecule has 2 amide bonds. The van der Waals surface area contributed by atoms with Crippen molar-refractivity contribution < 1.29 is 9.59 Å². The van der Waals surface area contributed by atoms with Gasteiger partial charge in [-0.25, -0.2) is 4.98 Å². The quantitative estimate of drug-likeness (QED) is 0.468. The number of aromatic nitrogens is 1. The summed E-state index contributed by atoms with van der Waals surface area (Å²) in [6.45, 7) is 1.88. The highest BCUT2D eigenvalue weighted by atomic mass is 35.5. The lowest BCUT2D eigenvalue weighted by molar-refractivity contribution is -0.113. The monoisotopic (exact) mass is 451 g/mol. The van der Waals surface area contributed by atoms with E-state index in [-0.39, 0.29) is 17.6 Å². The van der Waals surface area contributed by atoms with Crippen LogP contribution in [0.2, 0.25) is 10.0 Å². The second-order valence-corrected chi connectivity index (χ2v) is 8.48. The standard InChI is InChI=1S/C19H15Cl2N3O2S2/c1-11-9-28-19(22-11)24-17(25)10-27-14-5-3-13(4-6-14)23-18(26)15-7-2-12(20)8-16(15)21/h2-9H,10H2,1H3,(H,23,26)(H,22,24,25). The number of nitrogens with one attached hydrogen (secondary N) is 2. The molecule has 0 unspecified atom stereocenters. The molecule has 1 aromatic heterocycles. The zero-order chi connectivity index (χ0) is 20.1. The highest BCUT2D eigenvalue weighted by molar-refractivity contribution is 8.00. The number of carbonyl (C=O) groups is 2. The maximum absolute atomic E-state index is 12.3. The van der Waals surface area contributed by atoms with Crippen molar-refractivity contribution in [2.75, 3.05) is 16.4 Å². The van der Waals surface area contributed by atoms with Crippen LogP contribution in [0.5, 0.6) is 0 Å². The average molecular weight is 452 g/mol. The number of aryl methyl sites for hydroxylation is 1. The molecule has 0 saturated heterocycles. The van der Waals surface area contributed by atoms with Gasteiger partial charge in [-0.3, -0.25) is 9.59 Å². The number of thioether (sulfide) groups is 1. The predicted octanol–water partition coefficient (Wildman–Crippen LogP) is 5.74. The number of hydrogen-bond donors (Lipinski definition) is 2. The molecule has 1 heterocycles. The fourth-order valence-corrected chi connectivity index (χ4v) is 4.12. The number of nitrogens with zero attached hydrogens (tertiary/aromatic N) is 1. The van der Waals surface area contributed by atoms with Crippen LogP contribution in [0, 0.1) is 6.92 Å². The van der Waals surface area contributed by atoms with Gasteiger partial charge in [0, 0.05) is 21.0 Å². The number of carbonyl (C=O) groups excluding carboxylic acids is 2. The number of rotatable bonds is 6. The van der Waals surface area contributed by atoms with Crippen LogP contribution < -0.4 is 10.6 Å². The van der Waals surface area contributed by atoms with Crippen LogP contribution in [-0.4, -0.2) is 22.6 Å². The Morgan fingerprint density at radius 1 is 1.11 bits per heavy atom. The second-order valence-electron chi connectivity index (χ2n) is 5.73. The molecule has 2 aromatic carbocycles. The Kier molecular flexibility index (Phi) is 6.96. The molecule has 28 heavy (non-hydrogen) atoms. The van der Waals surface area contributed by atoms with Gasteiger partial charge in [-0.05, 0) is 49.4 Å². The lowest BCUT2D eigenvalue weighted by Gasteiger charge is -2.08. The molecular formula is C19H15Cl2N3O2S2. The van der Waals surface area contributed by atoms with E-state index in [4.69, 9.17) is 23.2 Å². The molecule has 0 aliphatic rings. The normalized spacial score (nSPS) is 10.5. The molecule has 0 atom stereocenters. The first-order chi connectivity index (χ1) is 13.4. The van der Waals surface area contributed by atoms with Crippen molar-refractivity contribution in [1.82, 2.24) is 4.98 Å². The van der Waals surface area contributed by atoms with E-state index in [1.165, 1.54) is 29.2 Å². The fraction of sp³-hybridized carbons (Fsp3) is 0.105. The van der Waals surface area contributed by atoms with Crippen LogP contribution >= 0.6 is 46.3 Å². The molecule has 9 heteroatoms. The first kappa shape index (κ1) is 20.7. The van der Waals surface area contributed by atoms with Crippen LogP contribution in [0.25, 0.3) is 0 Å². The Hall–Kier alpha value is -2.06. The van der Waals surface area contributed by atoms with E-state index in [0.717, 1.165) is 10.6 Å². The van der Waals surface area contributed by atoms with Crippen molar-refractivity contribution in [3.63, 3.8) is 0 Å². The van der Waals surface area contributed by atoms with Crippen LogP contribution in [0.15, 0.2) is 52.7 Å². The first-order valence-corrected chi connectivity index (χ1v) is 10.7. The minimum absolute atomic E-state index is 0.117. The third kappa shape index (κ3) is 5.72. The largest absolute Gasteiger partial charge is 0.322 e. The first-order valence-electron chi connectivity index (χ1n) is 8.12. The molecular weight excluding hydrogens is 437 g/mol. The number of halogens is 2. The number of hydrogen-bond acceptors (Lipinski definition) is 5. The number of benzene rings is 2. The maximum Gasteiger partial charge on any atom is 0.257 e. The van der Waals surface area contributed by atoms with E-state index in [0.29, 0.717) is 26.4 Å². The Morgan fingerprint density at radius 2 is 1.86 bits per heavy atom. The lowest BCUT2D eigenvalue weighted by Crippen LogP contribution is -2.14. The van der Waals surface area contributed by atoms with Crippen molar-refractivity contribution in [2.24, 2.45) is 0 Å². The van der Waals surface area contributed by atoms with Gasteiger partial charge in [0.25, 0.3) is 5.91 Å². The molecule has 0 radical (unpaired) electrons. The molecule has 3 aromatic rings. The zero-order valence-electron chi connectivity index (χ0n) is 14.7. The van der Waals surface area contributed by atoms with E-state index in [2.05, 4.69) is 15.6 Å². The van der Waals surface area contributed by atoms with Crippen molar-refractivity contribution in [3.05, 3.63) is 69.1 Å². The molecule has 0 spiro atoms. The molecule has 144 valence electrons.